The molecule has 0 saturated carbocycles. The van der Waals surface area contributed by atoms with Crippen molar-refractivity contribution < 1.29 is 5.73 Å². The lowest BCUT2D eigenvalue weighted by atomic mass is 10.1. The van der Waals surface area contributed by atoms with Gasteiger partial charge in [-0.05, 0) is 25.0 Å². The molecule has 1 nitrogen and oxygen atoms in total. The average molecular weight is 185 g/mol. The van der Waals surface area contributed by atoms with E-state index in [1.165, 1.54) is 5.56 Å². The molecular formula is C10H15ClN+. The Morgan fingerprint density at radius 3 is 2.67 bits per heavy atom. The fourth-order valence-corrected chi connectivity index (χ4v) is 1.33. The van der Waals surface area contributed by atoms with E-state index in [-0.39, 0.29) is 0 Å². The maximum Gasteiger partial charge on any atom is 0.0818 e. The lowest BCUT2D eigenvalue weighted by Gasteiger charge is -2.03. The predicted octanol–water partition coefficient (Wildman–Crippen LogP) is 1.90. The van der Waals surface area contributed by atoms with Crippen LogP contribution in [-0.4, -0.2) is 6.04 Å². The number of benzene rings is 1. The molecule has 0 bridgehead atoms. The zero-order valence-corrected chi connectivity index (χ0v) is 8.14. The van der Waals surface area contributed by atoms with Crippen molar-refractivity contribution in [3.05, 3.63) is 34.9 Å². The summed E-state index contributed by atoms with van der Waals surface area (Å²) in [5.41, 5.74) is 5.17. The summed E-state index contributed by atoms with van der Waals surface area (Å²) in [6.07, 6.45) is 2.13. The third kappa shape index (κ3) is 2.84. The molecular weight excluding hydrogens is 170 g/mol. The van der Waals surface area contributed by atoms with Crippen molar-refractivity contribution >= 4 is 11.6 Å². The van der Waals surface area contributed by atoms with Gasteiger partial charge in [-0.25, -0.2) is 0 Å². The standard InChI is InChI=1S/C10H14ClN/c1-8(12)6-7-9-4-2-3-5-10(9)11/h2-5,8H,6-7,12H2,1H3/p+1/t8-/m1/s1. The van der Waals surface area contributed by atoms with Crippen LogP contribution >= 0.6 is 11.6 Å². The molecule has 66 valence electrons. The lowest BCUT2D eigenvalue weighted by Crippen LogP contribution is -2.59. The van der Waals surface area contributed by atoms with Gasteiger partial charge in [0.25, 0.3) is 0 Å². The minimum atomic E-state index is 0.501. The Balaban J connectivity index is 2.57. The Hall–Kier alpha value is -0.530. The van der Waals surface area contributed by atoms with Crippen molar-refractivity contribution in [1.82, 2.24) is 0 Å². The van der Waals surface area contributed by atoms with Crippen molar-refractivity contribution in [2.75, 3.05) is 0 Å². The van der Waals surface area contributed by atoms with E-state index in [1.54, 1.807) is 0 Å². The third-order valence-corrected chi connectivity index (χ3v) is 2.23. The molecule has 3 N–H and O–H groups in total. The van der Waals surface area contributed by atoms with Gasteiger partial charge in [0.1, 0.15) is 0 Å². The SMILES string of the molecule is C[C@@H]([NH3+])CCc1ccccc1Cl. The van der Waals surface area contributed by atoms with Crippen molar-refractivity contribution in [3.63, 3.8) is 0 Å². The van der Waals surface area contributed by atoms with Gasteiger partial charge in [0.05, 0.1) is 6.04 Å². The first-order valence-electron chi connectivity index (χ1n) is 4.26. The Bertz CT molecular complexity index is 245. The van der Waals surface area contributed by atoms with Crippen LogP contribution in [0.5, 0.6) is 0 Å². The maximum atomic E-state index is 5.99. The Morgan fingerprint density at radius 1 is 1.42 bits per heavy atom. The third-order valence-electron chi connectivity index (χ3n) is 1.86. The van der Waals surface area contributed by atoms with Gasteiger partial charge in [0, 0.05) is 11.4 Å². The molecule has 0 aliphatic rings. The second-order valence-electron chi connectivity index (χ2n) is 3.24. The zero-order valence-electron chi connectivity index (χ0n) is 7.39. The van der Waals surface area contributed by atoms with Gasteiger partial charge < -0.3 is 5.73 Å². The molecule has 0 saturated heterocycles. The van der Waals surface area contributed by atoms with Crippen LogP contribution in [0.3, 0.4) is 0 Å². The lowest BCUT2D eigenvalue weighted by molar-refractivity contribution is -0.415. The summed E-state index contributed by atoms with van der Waals surface area (Å²) in [6, 6.07) is 8.49. The van der Waals surface area contributed by atoms with Gasteiger partial charge >= 0.3 is 0 Å². The second kappa shape index (κ2) is 4.48. The molecule has 0 aliphatic heterocycles. The topological polar surface area (TPSA) is 27.6 Å². The highest BCUT2D eigenvalue weighted by molar-refractivity contribution is 6.31. The summed E-state index contributed by atoms with van der Waals surface area (Å²) < 4.78 is 0. The van der Waals surface area contributed by atoms with Gasteiger partial charge in [-0.3, -0.25) is 0 Å². The largest absolute Gasteiger partial charge is 0.355 e. The predicted molar refractivity (Wildman–Crippen MR) is 52.1 cm³/mol. The number of hydrogen-bond donors (Lipinski definition) is 1. The Kier molecular flexibility index (Phi) is 3.57. The molecule has 0 radical (unpaired) electrons. The first kappa shape index (κ1) is 9.56. The van der Waals surface area contributed by atoms with Gasteiger partial charge in [0.2, 0.25) is 0 Å². The smallest absolute Gasteiger partial charge is 0.0818 e. The summed E-state index contributed by atoms with van der Waals surface area (Å²) in [4.78, 5) is 0. The summed E-state index contributed by atoms with van der Waals surface area (Å²) >= 11 is 5.99. The number of rotatable bonds is 3. The molecule has 0 fully saturated rings. The van der Waals surface area contributed by atoms with Gasteiger partial charge in [0.15, 0.2) is 0 Å². The fourth-order valence-electron chi connectivity index (χ4n) is 1.10. The van der Waals surface area contributed by atoms with Crippen molar-refractivity contribution in [2.24, 2.45) is 0 Å². The van der Waals surface area contributed by atoms with E-state index in [2.05, 4.69) is 18.7 Å². The molecule has 0 amide bonds. The molecule has 0 spiro atoms. The molecule has 0 unspecified atom stereocenters. The molecule has 1 atom stereocenters. The van der Waals surface area contributed by atoms with E-state index in [0.717, 1.165) is 17.9 Å². The first-order valence-corrected chi connectivity index (χ1v) is 4.64. The molecule has 0 heterocycles. The molecule has 1 aromatic rings. The van der Waals surface area contributed by atoms with Crippen LogP contribution in [0, 0.1) is 0 Å². The van der Waals surface area contributed by atoms with Crippen LogP contribution in [0.25, 0.3) is 0 Å². The summed E-state index contributed by atoms with van der Waals surface area (Å²) in [5.74, 6) is 0. The second-order valence-corrected chi connectivity index (χ2v) is 3.64. The number of quaternary nitrogens is 1. The number of halogens is 1. The van der Waals surface area contributed by atoms with Crippen LogP contribution in [0.4, 0.5) is 0 Å². The van der Waals surface area contributed by atoms with E-state index in [1.807, 2.05) is 18.2 Å². The van der Waals surface area contributed by atoms with Crippen LogP contribution in [0.1, 0.15) is 18.9 Å². The van der Waals surface area contributed by atoms with E-state index in [0.29, 0.717) is 6.04 Å². The zero-order chi connectivity index (χ0) is 8.97. The van der Waals surface area contributed by atoms with Crippen molar-refractivity contribution in [3.8, 4) is 0 Å². The van der Waals surface area contributed by atoms with E-state index >= 15 is 0 Å². The molecule has 2 heteroatoms. The monoisotopic (exact) mass is 184 g/mol. The quantitative estimate of drug-likeness (QED) is 0.744. The first-order chi connectivity index (χ1) is 5.70. The average Bonchev–Trinajstić information content (AvgIpc) is 2.03. The Labute approximate surface area is 78.5 Å². The van der Waals surface area contributed by atoms with E-state index in [9.17, 15) is 0 Å². The molecule has 12 heavy (non-hydrogen) atoms. The highest BCUT2D eigenvalue weighted by Crippen LogP contribution is 2.16. The van der Waals surface area contributed by atoms with Crippen LogP contribution in [0.2, 0.25) is 5.02 Å². The summed E-state index contributed by atoms with van der Waals surface area (Å²) in [6.45, 7) is 2.12. The fraction of sp³-hybridized carbons (Fsp3) is 0.400. The van der Waals surface area contributed by atoms with Crippen LogP contribution in [-0.2, 0) is 6.42 Å². The van der Waals surface area contributed by atoms with E-state index in [4.69, 9.17) is 11.6 Å². The Morgan fingerprint density at radius 2 is 2.08 bits per heavy atom. The highest BCUT2D eigenvalue weighted by Gasteiger charge is 2.01. The van der Waals surface area contributed by atoms with Gasteiger partial charge in [-0.1, -0.05) is 29.8 Å². The number of aryl methyl sites for hydroxylation is 1. The van der Waals surface area contributed by atoms with Crippen molar-refractivity contribution in [2.45, 2.75) is 25.8 Å². The molecule has 0 aromatic heterocycles. The molecule has 0 aliphatic carbocycles. The van der Waals surface area contributed by atoms with Crippen molar-refractivity contribution in [1.29, 1.82) is 0 Å². The maximum absolute atomic E-state index is 5.99. The summed E-state index contributed by atoms with van der Waals surface area (Å²) in [5, 5.41) is 0.873. The highest BCUT2D eigenvalue weighted by atomic mass is 35.5. The normalized spacial score (nSPS) is 12.9. The van der Waals surface area contributed by atoms with Crippen LogP contribution < -0.4 is 5.73 Å². The van der Waals surface area contributed by atoms with Gasteiger partial charge in [-0.15, -0.1) is 0 Å². The van der Waals surface area contributed by atoms with E-state index < -0.39 is 0 Å². The number of hydrogen-bond acceptors (Lipinski definition) is 0. The molecule has 1 aromatic carbocycles. The summed E-state index contributed by atoms with van der Waals surface area (Å²) in [7, 11) is 0. The minimum absolute atomic E-state index is 0.501. The molecule has 1 rings (SSSR count). The van der Waals surface area contributed by atoms with Crippen LogP contribution in [0.15, 0.2) is 24.3 Å². The van der Waals surface area contributed by atoms with Gasteiger partial charge in [-0.2, -0.15) is 0 Å². The minimum Gasteiger partial charge on any atom is -0.355 e.